The van der Waals surface area contributed by atoms with Crippen molar-refractivity contribution in [1.82, 2.24) is 20.3 Å². The summed E-state index contributed by atoms with van der Waals surface area (Å²) >= 11 is 0. The summed E-state index contributed by atoms with van der Waals surface area (Å²) in [5, 5.41) is 20.0. The Labute approximate surface area is 97.2 Å². The second-order valence-electron chi connectivity index (χ2n) is 4.29. The summed E-state index contributed by atoms with van der Waals surface area (Å²) in [5.41, 5.74) is 0.526. The van der Waals surface area contributed by atoms with Crippen molar-refractivity contribution >= 4 is 17.1 Å². The second kappa shape index (κ2) is 4.15. The average molecular weight is 235 g/mol. The molecule has 0 saturated heterocycles. The summed E-state index contributed by atoms with van der Waals surface area (Å²) in [5.74, 6) is 0.207. The molecule has 2 aromatic heterocycles. The smallest absolute Gasteiger partial charge is 0.257 e. The van der Waals surface area contributed by atoms with E-state index in [0.717, 1.165) is 12.8 Å². The van der Waals surface area contributed by atoms with Crippen LogP contribution in [0.1, 0.15) is 32.1 Å². The number of hydrogen-bond acceptors (Lipinski definition) is 7. The van der Waals surface area contributed by atoms with Crippen molar-refractivity contribution in [2.45, 2.75) is 38.1 Å². The first-order chi connectivity index (χ1) is 8.33. The van der Waals surface area contributed by atoms with Crippen LogP contribution in [-0.4, -0.2) is 31.4 Å². The Kier molecular flexibility index (Phi) is 2.50. The van der Waals surface area contributed by atoms with Gasteiger partial charge in [-0.15, -0.1) is 0 Å². The van der Waals surface area contributed by atoms with Crippen LogP contribution in [0.3, 0.4) is 0 Å². The minimum atomic E-state index is -0.154. The van der Waals surface area contributed by atoms with Gasteiger partial charge in [-0.25, -0.2) is 4.63 Å². The summed E-state index contributed by atoms with van der Waals surface area (Å²) in [7, 11) is 0. The predicted octanol–water partition coefficient (Wildman–Crippen LogP) is 1.46. The molecular formula is C10H13N5O2. The van der Waals surface area contributed by atoms with Crippen molar-refractivity contribution in [3.63, 3.8) is 0 Å². The third-order valence-electron chi connectivity index (χ3n) is 3.04. The monoisotopic (exact) mass is 235 g/mol. The molecule has 0 aromatic carbocycles. The van der Waals surface area contributed by atoms with Gasteiger partial charge in [0.1, 0.15) is 0 Å². The molecule has 0 amide bonds. The predicted molar refractivity (Wildman–Crippen MR) is 59.6 cm³/mol. The summed E-state index contributed by atoms with van der Waals surface area (Å²) in [6.07, 6.45) is 5.88. The molecule has 7 heteroatoms. The van der Waals surface area contributed by atoms with Gasteiger partial charge >= 0.3 is 0 Å². The first-order valence-corrected chi connectivity index (χ1v) is 5.79. The van der Waals surface area contributed by atoms with Gasteiger partial charge in [-0.05, 0) is 23.2 Å². The zero-order valence-corrected chi connectivity index (χ0v) is 9.26. The molecule has 0 aliphatic heterocycles. The van der Waals surface area contributed by atoms with Gasteiger partial charge in [0.15, 0.2) is 5.82 Å². The fourth-order valence-corrected chi connectivity index (χ4v) is 2.17. The molecule has 2 aromatic rings. The molecule has 17 heavy (non-hydrogen) atoms. The fourth-order valence-electron chi connectivity index (χ4n) is 2.17. The highest BCUT2D eigenvalue weighted by Gasteiger charge is 2.17. The van der Waals surface area contributed by atoms with E-state index in [9.17, 15) is 5.11 Å². The van der Waals surface area contributed by atoms with Gasteiger partial charge in [0.25, 0.3) is 5.88 Å². The summed E-state index contributed by atoms with van der Waals surface area (Å²) < 4.78 is 4.50. The molecule has 7 nitrogen and oxygen atoms in total. The maximum Gasteiger partial charge on any atom is 0.257 e. The highest BCUT2D eigenvalue weighted by atomic mass is 16.6. The molecule has 90 valence electrons. The molecule has 1 saturated carbocycles. The normalized spacial score (nSPS) is 17.4. The van der Waals surface area contributed by atoms with Gasteiger partial charge in [0.2, 0.25) is 11.3 Å². The zero-order valence-electron chi connectivity index (χ0n) is 9.26. The van der Waals surface area contributed by atoms with Crippen molar-refractivity contribution in [2.75, 3.05) is 5.32 Å². The third-order valence-corrected chi connectivity index (χ3v) is 3.04. The molecule has 1 aliphatic rings. The van der Waals surface area contributed by atoms with E-state index < -0.39 is 0 Å². The van der Waals surface area contributed by atoms with Crippen molar-refractivity contribution in [2.24, 2.45) is 0 Å². The van der Waals surface area contributed by atoms with Gasteiger partial charge in [0.05, 0.1) is 0 Å². The topological polar surface area (TPSA) is 97.0 Å². The van der Waals surface area contributed by atoms with E-state index in [1.165, 1.54) is 19.3 Å². The first kappa shape index (κ1) is 10.2. The number of anilines is 1. The minimum absolute atomic E-state index is 0.154. The van der Waals surface area contributed by atoms with Gasteiger partial charge in [-0.3, -0.25) is 0 Å². The maximum absolute atomic E-state index is 9.71. The lowest BCUT2D eigenvalue weighted by Gasteiger charge is -2.23. The van der Waals surface area contributed by atoms with Crippen LogP contribution in [0, 0.1) is 0 Å². The first-order valence-electron chi connectivity index (χ1n) is 5.79. The number of hydrogen-bond donors (Lipinski definition) is 2. The highest BCUT2D eigenvalue weighted by molar-refractivity contribution is 5.68. The SMILES string of the molecule is Oc1nc2nonc2nc1NC1CCCCC1. The van der Waals surface area contributed by atoms with Gasteiger partial charge < -0.3 is 10.4 Å². The largest absolute Gasteiger partial charge is 0.491 e. The standard InChI is InChI=1S/C10H13N5O2/c16-10-9(11-6-4-2-1-3-5-6)12-7-8(13-10)15-17-14-7/h6H,1-5H2,(H,11,12,14)(H,13,15,16). The zero-order chi connectivity index (χ0) is 11.7. The van der Waals surface area contributed by atoms with Crippen molar-refractivity contribution in [3.05, 3.63) is 0 Å². The van der Waals surface area contributed by atoms with E-state index in [1.807, 2.05) is 0 Å². The van der Waals surface area contributed by atoms with E-state index in [1.54, 1.807) is 0 Å². The molecule has 0 spiro atoms. The Hall–Kier alpha value is -1.92. The van der Waals surface area contributed by atoms with Crippen LogP contribution in [0.25, 0.3) is 11.3 Å². The van der Waals surface area contributed by atoms with Crippen LogP contribution >= 0.6 is 0 Å². The van der Waals surface area contributed by atoms with Gasteiger partial charge in [0, 0.05) is 6.04 Å². The van der Waals surface area contributed by atoms with E-state index >= 15 is 0 Å². The third kappa shape index (κ3) is 2.00. The van der Waals surface area contributed by atoms with Crippen molar-refractivity contribution in [1.29, 1.82) is 0 Å². The van der Waals surface area contributed by atoms with Crippen molar-refractivity contribution < 1.29 is 9.74 Å². The van der Waals surface area contributed by atoms with Crippen LogP contribution < -0.4 is 5.32 Å². The Morgan fingerprint density at radius 1 is 1.06 bits per heavy atom. The molecule has 0 bridgehead atoms. The summed E-state index contributed by atoms with van der Waals surface area (Å²) in [4.78, 5) is 8.00. The van der Waals surface area contributed by atoms with E-state index in [2.05, 4.69) is 30.2 Å². The second-order valence-corrected chi connectivity index (χ2v) is 4.29. The van der Waals surface area contributed by atoms with E-state index in [0.29, 0.717) is 17.5 Å². The van der Waals surface area contributed by atoms with E-state index in [4.69, 9.17) is 0 Å². The van der Waals surface area contributed by atoms with Crippen molar-refractivity contribution in [3.8, 4) is 5.88 Å². The Morgan fingerprint density at radius 2 is 1.76 bits per heavy atom. The highest BCUT2D eigenvalue weighted by Crippen LogP contribution is 2.25. The Balaban J connectivity index is 1.85. The molecule has 2 heterocycles. The quantitative estimate of drug-likeness (QED) is 0.813. The minimum Gasteiger partial charge on any atom is -0.491 e. The summed E-state index contributed by atoms with van der Waals surface area (Å²) in [6.45, 7) is 0. The maximum atomic E-state index is 9.71. The lowest BCUT2D eigenvalue weighted by atomic mass is 9.95. The lowest BCUT2D eigenvalue weighted by molar-refractivity contribution is 0.314. The van der Waals surface area contributed by atoms with Crippen LogP contribution in [0.5, 0.6) is 5.88 Å². The van der Waals surface area contributed by atoms with Gasteiger partial charge in [-0.2, -0.15) is 9.97 Å². The summed E-state index contributed by atoms with van der Waals surface area (Å²) in [6, 6.07) is 0.348. The number of rotatable bonds is 2. The Bertz CT molecular complexity index is 520. The number of nitrogens with one attached hydrogen (secondary N) is 1. The molecule has 3 rings (SSSR count). The Morgan fingerprint density at radius 3 is 2.53 bits per heavy atom. The van der Waals surface area contributed by atoms with Gasteiger partial charge in [-0.1, -0.05) is 19.3 Å². The molecular weight excluding hydrogens is 222 g/mol. The molecule has 2 N–H and O–H groups in total. The number of aromatic nitrogens is 4. The molecule has 0 unspecified atom stereocenters. The number of aromatic hydroxyl groups is 1. The number of fused-ring (bicyclic) bond motifs is 1. The van der Waals surface area contributed by atoms with Crippen LogP contribution in [0.4, 0.5) is 5.82 Å². The number of nitrogens with zero attached hydrogens (tertiary/aromatic N) is 4. The van der Waals surface area contributed by atoms with Crippen LogP contribution in [0.2, 0.25) is 0 Å². The fraction of sp³-hybridized carbons (Fsp3) is 0.600. The lowest BCUT2D eigenvalue weighted by Crippen LogP contribution is -2.23. The van der Waals surface area contributed by atoms with Crippen LogP contribution in [0.15, 0.2) is 4.63 Å². The molecule has 0 atom stereocenters. The van der Waals surface area contributed by atoms with Crippen LogP contribution in [-0.2, 0) is 0 Å². The molecule has 0 radical (unpaired) electrons. The average Bonchev–Trinajstić information content (AvgIpc) is 2.78. The van der Waals surface area contributed by atoms with E-state index in [-0.39, 0.29) is 11.5 Å². The molecule has 1 fully saturated rings. The molecule has 1 aliphatic carbocycles.